The van der Waals surface area contributed by atoms with Crippen molar-refractivity contribution in [1.29, 1.82) is 0 Å². The van der Waals surface area contributed by atoms with Crippen LogP contribution in [-0.4, -0.2) is 30.6 Å². The van der Waals surface area contributed by atoms with Crippen molar-refractivity contribution in [2.24, 2.45) is 5.92 Å². The van der Waals surface area contributed by atoms with E-state index in [-0.39, 0.29) is 39.6 Å². The molecule has 2 atom stereocenters. The van der Waals surface area contributed by atoms with Crippen LogP contribution >= 0.6 is 11.6 Å². The van der Waals surface area contributed by atoms with Gasteiger partial charge in [0.15, 0.2) is 5.65 Å². The standard InChI is InChI=1S/C20H11ClF4N4O3/c21-13-4-9(20(23,24)25)6-29-7-15(26-17(13)29)18-27-16(28-32-18)8-1-2-10(14(22)3-8)11-5-12(11)19(30)31/h1-4,6-7,11-12H,5H2,(H,30,31). The molecule has 0 spiro atoms. The van der Waals surface area contributed by atoms with Crippen molar-refractivity contribution in [3.63, 3.8) is 0 Å². The lowest BCUT2D eigenvalue weighted by Crippen LogP contribution is -2.06. The Labute approximate surface area is 181 Å². The Kier molecular flexibility index (Phi) is 4.48. The van der Waals surface area contributed by atoms with Crippen LogP contribution in [0.3, 0.4) is 0 Å². The molecule has 3 aromatic heterocycles. The molecule has 1 aromatic carbocycles. The Morgan fingerprint density at radius 3 is 2.66 bits per heavy atom. The summed E-state index contributed by atoms with van der Waals surface area (Å²) in [6, 6.07) is 4.97. The van der Waals surface area contributed by atoms with Crippen LogP contribution < -0.4 is 0 Å². The van der Waals surface area contributed by atoms with Crippen molar-refractivity contribution in [1.82, 2.24) is 19.5 Å². The van der Waals surface area contributed by atoms with Gasteiger partial charge in [0, 0.05) is 23.9 Å². The van der Waals surface area contributed by atoms with Crippen LogP contribution in [0.25, 0.3) is 28.6 Å². The summed E-state index contributed by atoms with van der Waals surface area (Å²) < 4.78 is 59.8. The first-order chi connectivity index (χ1) is 15.1. The van der Waals surface area contributed by atoms with E-state index in [1.165, 1.54) is 18.3 Å². The number of nitrogens with zero attached hydrogens (tertiary/aromatic N) is 4. The van der Waals surface area contributed by atoms with Crippen LogP contribution in [-0.2, 0) is 11.0 Å². The Morgan fingerprint density at radius 2 is 2.00 bits per heavy atom. The van der Waals surface area contributed by atoms with Crippen LogP contribution in [0.5, 0.6) is 0 Å². The molecule has 2 unspecified atom stereocenters. The molecule has 164 valence electrons. The molecule has 12 heteroatoms. The normalized spacial score (nSPS) is 18.3. The average Bonchev–Trinajstić information content (AvgIpc) is 3.16. The van der Waals surface area contributed by atoms with Crippen molar-refractivity contribution >= 4 is 23.2 Å². The van der Waals surface area contributed by atoms with Crippen LogP contribution in [0.15, 0.2) is 41.2 Å². The van der Waals surface area contributed by atoms with Gasteiger partial charge in [0.25, 0.3) is 5.89 Å². The molecule has 1 fully saturated rings. The number of rotatable bonds is 4. The molecule has 4 aromatic rings. The first-order valence-corrected chi connectivity index (χ1v) is 9.62. The predicted octanol–water partition coefficient (Wildman–Crippen LogP) is 5.05. The van der Waals surface area contributed by atoms with Gasteiger partial charge in [0.05, 0.1) is 16.5 Å². The van der Waals surface area contributed by atoms with Gasteiger partial charge in [-0.25, -0.2) is 9.37 Å². The summed E-state index contributed by atoms with van der Waals surface area (Å²) >= 11 is 5.93. The molecule has 7 nitrogen and oxygen atoms in total. The van der Waals surface area contributed by atoms with E-state index < -0.39 is 29.4 Å². The Morgan fingerprint density at radius 1 is 1.22 bits per heavy atom. The van der Waals surface area contributed by atoms with E-state index >= 15 is 0 Å². The number of aromatic nitrogens is 4. The number of carboxylic acids is 1. The van der Waals surface area contributed by atoms with Crippen LogP contribution in [0, 0.1) is 11.7 Å². The number of alkyl halides is 3. The monoisotopic (exact) mass is 466 g/mol. The molecule has 1 aliphatic carbocycles. The highest BCUT2D eigenvalue weighted by atomic mass is 35.5. The highest BCUT2D eigenvalue weighted by Crippen LogP contribution is 2.48. The minimum Gasteiger partial charge on any atom is -0.481 e. The molecule has 0 bridgehead atoms. The zero-order valence-electron chi connectivity index (χ0n) is 15.8. The largest absolute Gasteiger partial charge is 0.481 e. The number of hydrogen-bond acceptors (Lipinski definition) is 5. The van der Waals surface area contributed by atoms with Gasteiger partial charge in [-0.1, -0.05) is 28.9 Å². The summed E-state index contributed by atoms with van der Waals surface area (Å²) in [5, 5.41) is 12.6. The van der Waals surface area contributed by atoms with Gasteiger partial charge < -0.3 is 14.0 Å². The molecule has 0 saturated heterocycles. The Hall–Kier alpha value is -3.47. The van der Waals surface area contributed by atoms with Gasteiger partial charge in [-0.15, -0.1) is 0 Å². The third-order valence-corrected chi connectivity index (χ3v) is 5.52. The topological polar surface area (TPSA) is 93.5 Å². The molecule has 1 N–H and O–H groups in total. The second-order valence-corrected chi connectivity index (χ2v) is 7.79. The van der Waals surface area contributed by atoms with Crippen molar-refractivity contribution in [2.75, 3.05) is 0 Å². The minimum absolute atomic E-state index is 0.0372. The molecule has 1 saturated carbocycles. The van der Waals surface area contributed by atoms with Gasteiger partial charge in [-0.3, -0.25) is 4.79 Å². The first-order valence-electron chi connectivity index (χ1n) is 9.24. The predicted molar refractivity (Wildman–Crippen MR) is 102 cm³/mol. The number of imidazole rings is 1. The van der Waals surface area contributed by atoms with E-state index in [0.29, 0.717) is 12.0 Å². The van der Waals surface area contributed by atoms with Crippen LogP contribution in [0.1, 0.15) is 23.5 Å². The van der Waals surface area contributed by atoms with Crippen molar-refractivity contribution < 1.29 is 32.0 Å². The lowest BCUT2D eigenvalue weighted by molar-refractivity contribution is -0.139. The van der Waals surface area contributed by atoms with E-state index in [9.17, 15) is 22.4 Å². The smallest absolute Gasteiger partial charge is 0.417 e. The number of pyridine rings is 1. The second kappa shape index (κ2) is 7.02. The summed E-state index contributed by atoms with van der Waals surface area (Å²) in [5.74, 6) is -2.56. The number of fused-ring (bicyclic) bond motifs is 1. The zero-order chi connectivity index (χ0) is 22.8. The highest BCUT2D eigenvalue weighted by Gasteiger charge is 2.45. The number of aliphatic carboxylic acids is 1. The Balaban J connectivity index is 1.45. The van der Waals surface area contributed by atoms with Gasteiger partial charge >= 0.3 is 12.1 Å². The van der Waals surface area contributed by atoms with E-state index in [4.69, 9.17) is 21.2 Å². The maximum Gasteiger partial charge on any atom is 0.417 e. The van der Waals surface area contributed by atoms with Crippen molar-refractivity contribution in [2.45, 2.75) is 18.5 Å². The molecule has 0 aliphatic heterocycles. The summed E-state index contributed by atoms with van der Waals surface area (Å²) in [4.78, 5) is 19.3. The molecule has 0 amide bonds. The quantitative estimate of drug-likeness (QED) is 0.423. The molecular formula is C20H11ClF4N4O3. The molecule has 0 radical (unpaired) electrons. The fraction of sp³-hybridized carbons (Fsp3) is 0.200. The molecule has 5 rings (SSSR count). The van der Waals surface area contributed by atoms with E-state index in [2.05, 4.69) is 15.1 Å². The third kappa shape index (κ3) is 3.48. The Bertz CT molecular complexity index is 1380. The lowest BCUT2D eigenvalue weighted by Gasteiger charge is -2.07. The number of carbonyl (C=O) groups is 1. The maximum absolute atomic E-state index is 14.5. The van der Waals surface area contributed by atoms with Gasteiger partial charge in [0.2, 0.25) is 5.82 Å². The van der Waals surface area contributed by atoms with Gasteiger partial charge in [-0.05, 0) is 24.1 Å². The molecule has 1 aliphatic rings. The number of halogens is 5. The van der Waals surface area contributed by atoms with Crippen LogP contribution in [0.2, 0.25) is 5.02 Å². The first kappa shape index (κ1) is 20.4. The SMILES string of the molecule is O=C(O)C1CC1c1ccc(-c2noc(-c3cn4cc(C(F)(F)F)cc(Cl)c4n3)n2)cc1F. The van der Waals surface area contributed by atoms with E-state index in [1.807, 2.05) is 0 Å². The molecule has 32 heavy (non-hydrogen) atoms. The maximum atomic E-state index is 14.5. The molecule has 3 heterocycles. The average molecular weight is 467 g/mol. The molecular weight excluding hydrogens is 456 g/mol. The summed E-state index contributed by atoms with van der Waals surface area (Å²) in [6.45, 7) is 0. The highest BCUT2D eigenvalue weighted by molar-refractivity contribution is 6.33. The second-order valence-electron chi connectivity index (χ2n) is 7.38. The third-order valence-electron chi connectivity index (χ3n) is 5.24. The number of carboxylic acid groups (broad SMARTS) is 1. The number of hydrogen-bond donors (Lipinski definition) is 1. The lowest BCUT2D eigenvalue weighted by atomic mass is 10.1. The summed E-state index contributed by atoms with van der Waals surface area (Å²) in [7, 11) is 0. The number of benzene rings is 1. The van der Waals surface area contributed by atoms with Crippen molar-refractivity contribution in [3.8, 4) is 23.0 Å². The zero-order valence-corrected chi connectivity index (χ0v) is 16.5. The van der Waals surface area contributed by atoms with Gasteiger partial charge in [0.1, 0.15) is 11.5 Å². The summed E-state index contributed by atoms with van der Waals surface area (Å²) in [6.07, 6.45) is -2.10. The summed E-state index contributed by atoms with van der Waals surface area (Å²) in [5.41, 5.74) is -0.191. The minimum atomic E-state index is -4.58. The fourth-order valence-corrected chi connectivity index (χ4v) is 3.80. The van der Waals surface area contributed by atoms with E-state index in [1.54, 1.807) is 6.07 Å². The van der Waals surface area contributed by atoms with Crippen LogP contribution in [0.4, 0.5) is 17.6 Å². The van der Waals surface area contributed by atoms with Crippen molar-refractivity contribution in [3.05, 3.63) is 58.6 Å². The fourth-order valence-electron chi connectivity index (χ4n) is 3.54. The van der Waals surface area contributed by atoms with E-state index in [0.717, 1.165) is 16.7 Å². The van der Waals surface area contributed by atoms with Gasteiger partial charge in [-0.2, -0.15) is 18.2 Å².